The predicted molar refractivity (Wildman–Crippen MR) is 84.8 cm³/mol. The van der Waals surface area contributed by atoms with Crippen LogP contribution in [0.1, 0.15) is 5.56 Å². The molecule has 0 aliphatic heterocycles. The number of hydrogen-bond donors (Lipinski definition) is 2. The highest BCUT2D eigenvalue weighted by atomic mass is 32.2. The van der Waals surface area contributed by atoms with E-state index in [1.54, 1.807) is 12.1 Å². The lowest BCUT2D eigenvalue weighted by atomic mass is 10.2. The third kappa shape index (κ3) is 4.01. The van der Waals surface area contributed by atoms with Crippen LogP contribution in [0.5, 0.6) is 5.75 Å². The van der Waals surface area contributed by atoms with E-state index in [2.05, 4.69) is 4.72 Å². The second kappa shape index (κ2) is 6.19. The third-order valence-corrected chi connectivity index (χ3v) is 5.32. The first-order chi connectivity index (χ1) is 10.6. The van der Waals surface area contributed by atoms with Crippen molar-refractivity contribution in [2.24, 2.45) is 0 Å². The van der Waals surface area contributed by atoms with Crippen LogP contribution in [0.25, 0.3) is 0 Å². The van der Waals surface area contributed by atoms with E-state index in [1.807, 2.05) is 6.92 Å². The largest absolute Gasteiger partial charge is 0.497 e. The van der Waals surface area contributed by atoms with Crippen LogP contribution < -0.4 is 9.46 Å². The van der Waals surface area contributed by atoms with Gasteiger partial charge in [0.2, 0.25) is 0 Å². The zero-order valence-corrected chi connectivity index (χ0v) is 14.0. The van der Waals surface area contributed by atoms with Gasteiger partial charge in [0.25, 0.3) is 20.1 Å². The minimum atomic E-state index is -4.63. The zero-order chi connectivity index (χ0) is 17.3. The molecule has 0 amide bonds. The van der Waals surface area contributed by atoms with Crippen LogP contribution >= 0.6 is 0 Å². The van der Waals surface area contributed by atoms with Gasteiger partial charge in [0.15, 0.2) is 0 Å². The van der Waals surface area contributed by atoms with E-state index < -0.39 is 25.0 Å². The number of benzene rings is 2. The number of anilines is 1. The molecule has 23 heavy (non-hydrogen) atoms. The van der Waals surface area contributed by atoms with Crippen LogP contribution in [0.15, 0.2) is 52.3 Å². The van der Waals surface area contributed by atoms with Crippen molar-refractivity contribution in [2.75, 3.05) is 11.8 Å². The molecule has 2 rings (SSSR count). The predicted octanol–water partition coefficient (Wildman–Crippen LogP) is 2.05. The molecule has 0 atom stereocenters. The molecule has 0 fully saturated rings. The number of nitrogens with one attached hydrogen (secondary N) is 1. The topological polar surface area (TPSA) is 110 Å². The van der Waals surface area contributed by atoms with Gasteiger partial charge in [0.05, 0.1) is 17.7 Å². The molecule has 0 aliphatic carbocycles. The summed E-state index contributed by atoms with van der Waals surface area (Å²) in [6, 6.07) is 9.64. The molecule has 2 aromatic carbocycles. The van der Waals surface area contributed by atoms with E-state index >= 15 is 0 Å². The Hall–Kier alpha value is -2.10. The summed E-state index contributed by atoms with van der Waals surface area (Å²) >= 11 is 0. The monoisotopic (exact) mass is 357 g/mol. The van der Waals surface area contributed by atoms with Gasteiger partial charge in [-0.2, -0.15) is 8.42 Å². The highest BCUT2D eigenvalue weighted by Crippen LogP contribution is 2.28. The summed E-state index contributed by atoms with van der Waals surface area (Å²) in [7, 11) is -7.31. The Bertz CT molecular complexity index is 918. The van der Waals surface area contributed by atoms with Gasteiger partial charge in [0, 0.05) is 6.07 Å². The fraction of sp³-hybridized carbons (Fsp3) is 0.143. The van der Waals surface area contributed by atoms with E-state index in [1.165, 1.54) is 31.4 Å². The third-order valence-electron chi connectivity index (χ3n) is 3.04. The quantitative estimate of drug-likeness (QED) is 0.793. The average molecular weight is 357 g/mol. The minimum Gasteiger partial charge on any atom is -0.497 e. The zero-order valence-electron chi connectivity index (χ0n) is 12.3. The second-order valence-electron chi connectivity index (χ2n) is 4.76. The van der Waals surface area contributed by atoms with Gasteiger partial charge in [0.1, 0.15) is 10.6 Å². The van der Waals surface area contributed by atoms with Crippen molar-refractivity contribution < 1.29 is 26.1 Å². The van der Waals surface area contributed by atoms with Crippen LogP contribution in [0.4, 0.5) is 5.69 Å². The number of aryl methyl sites for hydroxylation is 1. The maximum absolute atomic E-state index is 12.3. The van der Waals surface area contributed by atoms with Crippen molar-refractivity contribution in [2.45, 2.75) is 16.7 Å². The minimum absolute atomic E-state index is 0.0276. The molecule has 0 aliphatic rings. The average Bonchev–Trinajstić information content (AvgIpc) is 2.46. The highest BCUT2D eigenvalue weighted by Gasteiger charge is 2.22. The van der Waals surface area contributed by atoms with Crippen LogP contribution in [0.3, 0.4) is 0 Å². The molecule has 0 saturated carbocycles. The molecule has 2 N–H and O–H groups in total. The van der Waals surface area contributed by atoms with Gasteiger partial charge >= 0.3 is 0 Å². The van der Waals surface area contributed by atoms with Crippen LogP contribution in [0.2, 0.25) is 0 Å². The molecule has 0 radical (unpaired) electrons. The summed E-state index contributed by atoms with van der Waals surface area (Å²) in [5.74, 6) is 0.163. The Labute approximate surface area is 134 Å². The number of methoxy groups -OCH3 is 1. The number of ether oxygens (including phenoxy) is 1. The van der Waals surface area contributed by atoms with Crippen molar-refractivity contribution in [3.05, 3.63) is 48.0 Å². The van der Waals surface area contributed by atoms with Crippen LogP contribution in [0, 0.1) is 6.92 Å². The second-order valence-corrected chi connectivity index (χ2v) is 7.83. The Morgan fingerprint density at radius 1 is 1.00 bits per heavy atom. The van der Waals surface area contributed by atoms with E-state index in [-0.39, 0.29) is 16.3 Å². The Morgan fingerprint density at radius 2 is 1.61 bits per heavy atom. The first-order valence-electron chi connectivity index (χ1n) is 6.38. The lowest BCUT2D eigenvalue weighted by Gasteiger charge is -2.12. The molecule has 0 aromatic heterocycles. The molecule has 0 bridgehead atoms. The summed E-state index contributed by atoms with van der Waals surface area (Å²) in [6.45, 7) is 1.81. The Morgan fingerprint density at radius 3 is 2.13 bits per heavy atom. The van der Waals surface area contributed by atoms with E-state index in [0.29, 0.717) is 0 Å². The van der Waals surface area contributed by atoms with Crippen LogP contribution in [-0.2, 0) is 20.1 Å². The van der Waals surface area contributed by atoms with Gasteiger partial charge in [-0.1, -0.05) is 17.7 Å². The Balaban J connectivity index is 2.49. The lowest BCUT2D eigenvalue weighted by molar-refractivity contribution is 0.412. The Kier molecular flexibility index (Phi) is 4.64. The summed E-state index contributed by atoms with van der Waals surface area (Å²) in [5, 5.41) is 0. The maximum Gasteiger partial charge on any atom is 0.296 e. The fourth-order valence-electron chi connectivity index (χ4n) is 1.85. The van der Waals surface area contributed by atoms with Crippen molar-refractivity contribution in [3.8, 4) is 5.75 Å². The van der Waals surface area contributed by atoms with Crippen LogP contribution in [-0.4, -0.2) is 28.5 Å². The molecule has 0 spiro atoms. The lowest BCUT2D eigenvalue weighted by Crippen LogP contribution is -2.15. The number of sulfonamides is 1. The summed E-state index contributed by atoms with van der Waals surface area (Å²) < 4.78 is 63.9. The van der Waals surface area contributed by atoms with Crippen molar-refractivity contribution in [1.29, 1.82) is 0 Å². The summed E-state index contributed by atoms with van der Waals surface area (Å²) in [5.41, 5.74) is 0.612. The molecular weight excluding hydrogens is 342 g/mol. The van der Waals surface area contributed by atoms with Gasteiger partial charge in [-0.25, -0.2) is 8.42 Å². The first kappa shape index (κ1) is 17.3. The molecule has 0 heterocycles. The van der Waals surface area contributed by atoms with Gasteiger partial charge in [-0.3, -0.25) is 9.27 Å². The van der Waals surface area contributed by atoms with E-state index in [0.717, 1.165) is 11.6 Å². The normalized spacial score (nSPS) is 12.0. The standard InChI is InChI=1S/C14H15NO6S2/c1-10-3-6-12(7-4-10)22(16,17)15-13-8-5-11(21-2)9-14(13)23(18,19)20/h3-9,15H,1-2H3,(H,18,19,20). The van der Waals surface area contributed by atoms with Crippen molar-refractivity contribution >= 4 is 25.8 Å². The van der Waals surface area contributed by atoms with E-state index in [9.17, 15) is 21.4 Å². The maximum atomic E-state index is 12.3. The fourth-order valence-corrected chi connectivity index (χ4v) is 3.65. The molecule has 9 heteroatoms. The molecule has 0 saturated heterocycles. The molecule has 2 aromatic rings. The molecule has 7 nitrogen and oxygen atoms in total. The van der Waals surface area contributed by atoms with Gasteiger partial charge in [-0.05, 0) is 31.2 Å². The van der Waals surface area contributed by atoms with Gasteiger partial charge < -0.3 is 4.74 Å². The molecule has 124 valence electrons. The number of rotatable bonds is 5. The van der Waals surface area contributed by atoms with Crippen molar-refractivity contribution in [3.63, 3.8) is 0 Å². The van der Waals surface area contributed by atoms with Gasteiger partial charge in [-0.15, -0.1) is 0 Å². The molecular formula is C14H15NO6S2. The smallest absolute Gasteiger partial charge is 0.296 e. The first-order valence-corrected chi connectivity index (χ1v) is 9.31. The SMILES string of the molecule is COc1ccc(NS(=O)(=O)c2ccc(C)cc2)c(S(=O)(=O)O)c1. The van der Waals surface area contributed by atoms with E-state index in [4.69, 9.17) is 4.74 Å². The summed E-state index contributed by atoms with van der Waals surface area (Å²) in [6.07, 6.45) is 0. The van der Waals surface area contributed by atoms with Crippen molar-refractivity contribution in [1.82, 2.24) is 0 Å². The highest BCUT2D eigenvalue weighted by molar-refractivity contribution is 7.93. The number of hydrogen-bond acceptors (Lipinski definition) is 5. The summed E-state index contributed by atoms with van der Waals surface area (Å²) in [4.78, 5) is -0.618. The molecule has 0 unspecified atom stereocenters.